The van der Waals surface area contributed by atoms with Gasteiger partial charge in [-0.25, -0.2) is 9.59 Å². The van der Waals surface area contributed by atoms with Crippen LogP contribution in [-0.4, -0.2) is 96.8 Å². The number of hydrogen-bond donors (Lipinski definition) is 5. The molecule has 0 spiro atoms. The molecule has 4 atom stereocenters. The maximum Gasteiger partial charge on any atom is 0.407 e. The number of rotatable bonds is 14. The van der Waals surface area contributed by atoms with Gasteiger partial charge in [-0.1, -0.05) is 107 Å². The van der Waals surface area contributed by atoms with E-state index in [4.69, 9.17) is 9.47 Å². The minimum absolute atomic E-state index is 0.0118. The molecule has 4 amide bonds. The number of carboxylic acids is 1. The highest BCUT2D eigenvalue weighted by Gasteiger charge is 2.35. The summed E-state index contributed by atoms with van der Waals surface area (Å²) in [6.45, 7) is 7.36. The van der Waals surface area contributed by atoms with Crippen LogP contribution in [0, 0.1) is 11.8 Å². The van der Waals surface area contributed by atoms with E-state index in [9.17, 15) is 29.1 Å². The van der Waals surface area contributed by atoms with E-state index in [0.717, 1.165) is 27.8 Å². The van der Waals surface area contributed by atoms with E-state index in [-0.39, 0.29) is 63.5 Å². The van der Waals surface area contributed by atoms with Crippen molar-refractivity contribution in [3.05, 3.63) is 95.6 Å². The molecule has 0 saturated carbocycles. The normalized spacial score (nSPS) is 19.9. The Labute approximate surface area is 328 Å². The lowest BCUT2D eigenvalue weighted by Crippen LogP contribution is -2.57. The maximum atomic E-state index is 13.9. The second kappa shape index (κ2) is 20.1. The molecule has 56 heavy (non-hydrogen) atoms. The van der Waals surface area contributed by atoms with E-state index in [1.807, 2.05) is 94.4 Å². The molecule has 1 heterocycles. The first-order valence-electron chi connectivity index (χ1n) is 19.5. The van der Waals surface area contributed by atoms with E-state index < -0.39 is 60.5 Å². The number of nitrogens with zero attached hydrogens (tertiary/aromatic N) is 1. The van der Waals surface area contributed by atoms with Crippen molar-refractivity contribution in [2.75, 3.05) is 32.8 Å². The summed E-state index contributed by atoms with van der Waals surface area (Å²) < 4.78 is 11.6. The Morgan fingerprint density at radius 2 is 1.48 bits per heavy atom. The van der Waals surface area contributed by atoms with Crippen LogP contribution in [0.1, 0.15) is 69.6 Å². The Hall–Kier alpha value is -5.27. The Morgan fingerprint density at radius 1 is 0.839 bits per heavy atom. The van der Waals surface area contributed by atoms with Gasteiger partial charge >= 0.3 is 12.1 Å². The second-order valence-electron chi connectivity index (χ2n) is 15.4. The summed E-state index contributed by atoms with van der Waals surface area (Å²) in [4.78, 5) is 68.3. The third-order valence-electron chi connectivity index (χ3n) is 10.1. The molecule has 300 valence electrons. The topological polar surface area (TPSA) is 175 Å². The highest BCUT2D eigenvalue weighted by Crippen LogP contribution is 2.44. The number of carbonyl (C=O) groups excluding carboxylic acids is 4. The molecule has 2 aliphatic rings. The Balaban J connectivity index is 1.35. The van der Waals surface area contributed by atoms with Gasteiger partial charge in [0.2, 0.25) is 17.7 Å². The van der Waals surface area contributed by atoms with E-state index in [1.165, 1.54) is 4.90 Å². The number of amides is 4. The van der Waals surface area contributed by atoms with Gasteiger partial charge in [-0.15, -0.1) is 0 Å². The van der Waals surface area contributed by atoms with Gasteiger partial charge in [-0.3, -0.25) is 14.4 Å². The van der Waals surface area contributed by atoms with E-state index in [0.29, 0.717) is 6.42 Å². The number of carboxylic acid groups (broad SMARTS) is 1. The van der Waals surface area contributed by atoms with Gasteiger partial charge in [-0.2, -0.15) is 0 Å². The molecule has 3 aromatic rings. The van der Waals surface area contributed by atoms with E-state index in [1.54, 1.807) is 0 Å². The third kappa shape index (κ3) is 11.4. The highest BCUT2D eigenvalue weighted by atomic mass is 16.5. The van der Waals surface area contributed by atoms with Crippen molar-refractivity contribution in [3.8, 4) is 11.1 Å². The van der Waals surface area contributed by atoms with Crippen LogP contribution in [0.15, 0.2) is 78.9 Å². The van der Waals surface area contributed by atoms with Gasteiger partial charge in [0.05, 0.1) is 25.8 Å². The molecule has 5 N–H and O–H groups in total. The summed E-state index contributed by atoms with van der Waals surface area (Å²) in [7, 11) is 0. The molecule has 0 radical (unpaired) electrons. The molecule has 1 fully saturated rings. The van der Waals surface area contributed by atoms with Crippen molar-refractivity contribution < 1.29 is 38.6 Å². The number of nitrogens with one attached hydrogen (secondary N) is 4. The number of ether oxygens (including phenoxy) is 2. The van der Waals surface area contributed by atoms with Crippen LogP contribution in [0.4, 0.5) is 4.79 Å². The first-order chi connectivity index (χ1) is 26.9. The molecular formula is C43H55N5O8. The van der Waals surface area contributed by atoms with E-state index >= 15 is 0 Å². The largest absolute Gasteiger partial charge is 0.480 e. The molecular weight excluding hydrogens is 714 g/mol. The fourth-order valence-corrected chi connectivity index (χ4v) is 7.38. The van der Waals surface area contributed by atoms with Crippen LogP contribution in [-0.2, 0) is 35.3 Å². The molecule has 0 bridgehead atoms. The van der Waals surface area contributed by atoms with Crippen molar-refractivity contribution in [3.63, 3.8) is 0 Å². The summed E-state index contributed by atoms with van der Waals surface area (Å²) >= 11 is 0. The second-order valence-corrected chi connectivity index (χ2v) is 15.4. The minimum atomic E-state index is -1.16. The van der Waals surface area contributed by atoms with Gasteiger partial charge in [0.25, 0.3) is 0 Å². The molecule has 0 aromatic heterocycles. The van der Waals surface area contributed by atoms with Crippen molar-refractivity contribution in [1.82, 2.24) is 26.2 Å². The van der Waals surface area contributed by atoms with Crippen LogP contribution in [0.3, 0.4) is 0 Å². The summed E-state index contributed by atoms with van der Waals surface area (Å²) in [6, 6.07) is 21.8. The zero-order valence-corrected chi connectivity index (χ0v) is 32.7. The monoisotopic (exact) mass is 769 g/mol. The Bertz CT molecular complexity index is 1770. The Morgan fingerprint density at radius 3 is 2.11 bits per heavy atom. The highest BCUT2D eigenvalue weighted by molar-refractivity contribution is 5.93. The number of fused-ring (bicyclic) bond motifs is 3. The van der Waals surface area contributed by atoms with Crippen LogP contribution < -0.4 is 21.3 Å². The summed E-state index contributed by atoms with van der Waals surface area (Å²) in [5.41, 5.74) is 5.26. The standard InChI is InChI=1S/C43H55N5O8/c1-27(2)20-36-41(51)47-37(26-55-24-29-12-6-5-7-13-29)40(50)44-23-39(49)48(38(42(52)53)21-28(3)4)19-18-30(46-36)22-45-43(54)56-25-35-33-16-10-8-14-31(33)32-15-9-11-17-34(32)35/h5-17,27-28,30,35-38,46H,18-26H2,1-4H3,(H,44,50)(H,45,54)(H,47,51)(H,52,53)/t30-,36+,37+,38+/m1/s1. The fourth-order valence-electron chi connectivity index (χ4n) is 7.38. The predicted molar refractivity (Wildman–Crippen MR) is 211 cm³/mol. The number of alkyl carbamates (subject to hydrolysis) is 1. The molecule has 1 aliphatic heterocycles. The number of carbonyl (C=O) groups is 5. The molecule has 1 saturated heterocycles. The van der Waals surface area contributed by atoms with Crippen LogP contribution in [0.25, 0.3) is 11.1 Å². The molecule has 3 aromatic carbocycles. The molecule has 1 aliphatic carbocycles. The van der Waals surface area contributed by atoms with Crippen molar-refractivity contribution in [1.29, 1.82) is 0 Å². The first kappa shape index (κ1) is 41.9. The zero-order valence-electron chi connectivity index (χ0n) is 32.7. The number of hydrogen-bond acceptors (Lipinski definition) is 8. The van der Waals surface area contributed by atoms with Crippen molar-refractivity contribution in [2.24, 2.45) is 11.8 Å². The van der Waals surface area contributed by atoms with E-state index in [2.05, 4.69) is 33.4 Å². The van der Waals surface area contributed by atoms with Crippen molar-refractivity contribution in [2.45, 2.75) is 83.6 Å². The van der Waals surface area contributed by atoms with Gasteiger partial charge in [0, 0.05) is 25.0 Å². The summed E-state index contributed by atoms with van der Waals surface area (Å²) in [5.74, 6) is -2.94. The average Bonchev–Trinajstić information content (AvgIpc) is 3.50. The molecule has 13 heteroatoms. The number of aliphatic carboxylic acids is 1. The first-order valence-corrected chi connectivity index (χ1v) is 19.5. The third-order valence-corrected chi connectivity index (χ3v) is 10.1. The lowest BCUT2D eigenvalue weighted by atomic mass is 9.98. The van der Waals surface area contributed by atoms with Gasteiger partial charge in [0.15, 0.2) is 0 Å². The lowest BCUT2D eigenvalue weighted by Gasteiger charge is -2.32. The molecule has 0 unspecified atom stereocenters. The summed E-state index contributed by atoms with van der Waals surface area (Å²) in [5, 5.41) is 21.9. The quantitative estimate of drug-likeness (QED) is 0.159. The van der Waals surface area contributed by atoms with Crippen LogP contribution in [0.2, 0.25) is 0 Å². The van der Waals surface area contributed by atoms with Gasteiger partial charge in [0.1, 0.15) is 18.7 Å². The SMILES string of the molecule is CC(C)C[C@@H]1N[C@@H](CNC(=O)OCC2c3ccccc3-c3ccccc32)CCN([C@@H](CC(C)C)C(=O)O)C(=O)CNC(=O)[C@H](COCc2ccccc2)NC1=O. The summed E-state index contributed by atoms with van der Waals surface area (Å²) in [6.07, 6.45) is 0.122. The van der Waals surface area contributed by atoms with Crippen LogP contribution >= 0.6 is 0 Å². The zero-order chi connectivity index (χ0) is 40.2. The molecule has 5 rings (SSSR count). The fraction of sp³-hybridized carbons (Fsp3) is 0.465. The maximum absolute atomic E-state index is 13.9. The predicted octanol–water partition coefficient (Wildman–Crippen LogP) is 4.45. The van der Waals surface area contributed by atoms with Gasteiger partial charge < -0.3 is 40.7 Å². The van der Waals surface area contributed by atoms with Crippen molar-refractivity contribution >= 4 is 29.8 Å². The smallest absolute Gasteiger partial charge is 0.407 e. The molecule has 13 nitrogen and oxygen atoms in total. The average molecular weight is 770 g/mol. The minimum Gasteiger partial charge on any atom is -0.480 e. The Kier molecular flexibility index (Phi) is 15.0. The van der Waals surface area contributed by atoms with Crippen LogP contribution in [0.5, 0.6) is 0 Å². The van der Waals surface area contributed by atoms with Gasteiger partial charge in [-0.05, 0) is 58.9 Å². The number of benzene rings is 3. The lowest BCUT2D eigenvalue weighted by molar-refractivity contribution is -0.151.